The van der Waals surface area contributed by atoms with Gasteiger partial charge in [0.1, 0.15) is 0 Å². The Labute approximate surface area is 121 Å². The van der Waals surface area contributed by atoms with Crippen molar-refractivity contribution in [3.8, 4) is 0 Å². The van der Waals surface area contributed by atoms with Gasteiger partial charge in [0.2, 0.25) is 0 Å². The average Bonchev–Trinajstić information content (AvgIpc) is 2.95. The van der Waals surface area contributed by atoms with E-state index in [2.05, 4.69) is 39.1 Å². The summed E-state index contributed by atoms with van der Waals surface area (Å²) in [5.41, 5.74) is 2.41. The highest BCUT2D eigenvalue weighted by Crippen LogP contribution is 2.18. The summed E-state index contributed by atoms with van der Waals surface area (Å²) in [6.07, 6.45) is 7.59. The van der Waals surface area contributed by atoms with E-state index >= 15 is 0 Å². The second-order valence-electron chi connectivity index (χ2n) is 5.20. The van der Waals surface area contributed by atoms with Crippen LogP contribution in [0.15, 0.2) is 43.0 Å². The molecular formula is C15H19N3OS. The average molecular weight is 289 g/mol. The number of nitrogens with zero attached hydrogens (tertiary/aromatic N) is 2. The molecule has 106 valence electrons. The monoisotopic (exact) mass is 289 g/mol. The number of aromatic nitrogens is 2. The molecule has 0 aliphatic carbocycles. The van der Waals surface area contributed by atoms with Crippen molar-refractivity contribution in [1.29, 1.82) is 0 Å². The third-order valence-electron chi connectivity index (χ3n) is 3.61. The van der Waals surface area contributed by atoms with Gasteiger partial charge < -0.3 is 9.88 Å². The Morgan fingerprint density at radius 2 is 2.20 bits per heavy atom. The third kappa shape index (κ3) is 3.48. The van der Waals surface area contributed by atoms with Gasteiger partial charge >= 0.3 is 0 Å². The molecule has 0 saturated carbocycles. The van der Waals surface area contributed by atoms with Gasteiger partial charge in [-0.1, -0.05) is 12.1 Å². The first-order valence-electron chi connectivity index (χ1n) is 6.96. The maximum Gasteiger partial charge on any atom is 0.0949 e. The van der Waals surface area contributed by atoms with E-state index < -0.39 is 10.8 Å². The topological polar surface area (TPSA) is 46.9 Å². The molecule has 1 saturated heterocycles. The van der Waals surface area contributed by atoms with Crippen LogP contribution in [-0.2, 0) is 17.3 Å². The molecule has 4 nitrogen and oxygen atoms in total. The number of anilines is 1. The molecule has 1 aliphatic heterocycles. The van der Waals surface area contributed by atoms with Crippen LogP contribution in [0.4, 0.5) is 5.69 Å². The molecule has 3 rings (SSSR count). The second kappa shape index (κ2) is 6.22. The van der Waals surface area contributed by atoms with E-state index in [0.717, 1.165) is 36.6 Å². The first kappa shape index (κ1) is 13.4. The standard InChI is InChI=1S/C15H19N3OS/c19-20-8-4-14(5-9-20)17-15-3-1-2-13(10-15)11-18-7-6-16-12-18/h1-3,6-7,10,12,14,17H,4-5,8-9,11H2. The van der Waals surface area contributed by atoms with Crippen LogP contribution in [0.3, 0.4) is 0 Å². The van der Waals surface area contributed by atoms with Crippen LogP contribution in [0.2, 0.25) is 0 Å². The molecule has 0 amide bonds. The van der Waals surface area contributed by atoms with Crippen molar-refractivity contribution in [3.05, 3.63) is 48.5 Å². The minimum Gasteiger partial charge on any atom is -0.382 e. The summed E-state index contributed by atoms with van der Waals surface area (Å²) in [6, 6.07) is 8.95. The molecule has 0 unspecified atom stereocenters. The van der Waals surface area contributed by atoms with Crippen LogP contribution in [0.5, 0.6) is 0 Å². The number of benzene rings is 1. The van der Waals surface area contributed by atoms with Crippen molar-refractivity contribution in [2.75, 3.05) is 16.8 Å². The zero-order valence-electron chi connectivity index (χ0n) is 11.4. The molecule has 20 heavy (non-hydrogen) atoms. The molecule has 2 aromatic rings. The van der Waals surface area contributed by atoms with Crippen LogP contribution in [0.1, 0.15) is 18.4 Å². The van der Waals surface area contributed by atoms with E-state index in [-0.39, 0.29) is 0 Å². The molecule has 1 aromatic carbocycles. The van der Waals surface area contributed by atoms with Crippen molar-refractivity contribution in [2.45, 2.75) is 25.4 Å². The van der Waals surface area contributed by atoms with Crippen LogP contribution in [-0.4, -0.2) is 31.3 Å². The van der Waals surface area contributed by atoms with Gasteiger partial charge in [-0.05, 0) is 30.5 Å². The number of hydrogen-bond donors (Lipinski definition) is 1. The predicted octanol–water partition coefficient (Wildman–Crippen LogP) is 2.25. The SMILES string of the molecule is O=S1CCC(Nc2cccc(Cn3ccnc3)c2)CC1. The Hall–Kier alpha value is -1.62. The fraction of sp³-hybridized carbons (Fsp3) is 0.400. The highest BCUT2D eigenvalue weighted by Gasteiger charge is 2.17. The Bertz CT molecular complexity index is 573. The lowest BCUT2D eigenvalue weighted by molar-refractivity contribution is 0.624. The van der Waals surface area contributed by atoms with Gasteiger partial charge in [-0.15, -0.1) is 0 Å². The van der Waals surface area contributed by atoms with Crippen molar-refractivity contribution in [2.24, 2.45) is 0 Å². The van der Waals surface area contributed by atoms with Crippen LogP contribution >= 0.6 is 0 Å². The lowest BCUT2D eigenvalue weighted by atomic mass is 10.1. The Balaban J connectivity index is 1.63. The van der Waals surface area contributed by atoms with E-state index in [4.69, 9.17) is 0 Å². The van der Waals surface area contributed by atoms with Crippen molar-refractivity contribution in [3.63, 3.8) is 0 Å². The Morgan fingerprint density at radius 3 is 2.95 bits per heavy atom. The molecule has 5 heteroatoms. The van der Waals surface area contributed by atoms with Gasteiger partial charge in [-0.25, -0.2) is 4.98 Å². The lowest BCUT2D eigenvalue weighted by Crippen LogP contribution is -2.29. The summed E-state index contributed by atoms with van der Waals surface area (Å²) >= 11 is 0. The number of rotatable bonds is 4. The Morgan fingerprint density at radius 1 is 1.35 bits per heavy atom. The molecule has 0 radical (unpaired) electrons. The quantitative estimate of drug-likeness (QED) is 0.939. The lowest BCUT2D eigenvalue weighted by Gasteiger charge is -2.23. The molecule has 0 spiro atoms. The predicted molar refractivity (Wildman–Crippen MR) is 82.3 cm³/mol. The van der Waals surface area contributed by atoms with Crippen LogP contribution in [0, 0.1) is 0 Å². The highest BCUT2D eigenvalue weighted by atomic mass is 32.2. The first-order valence-corrected chi connectivity index (χ1v) is 8.44. The summed E-state index contributed by atoms with van der Waals surface area (Å²) in [5, 5.41) is 3.56. The fourth-order valence-corrected chi connectivity index (χ4v) is 3.82. The van der Waals surface area contributed by atoms with Crippen LogP contribution < -0.4 is 5.32 Å². The maximum absolute atomic E-state index is 11.4. The third-order valence-corrected chi connectivity index (χ3v) is 4.99. The molecule has 0 atom stereocenters. The van der Waals surface area contributed by atoms with Gasteiger partial charge in [-0.2, -0.15) is 0 Å². The van der Waals surface area contributed by atoms with Crippen molar-refractivity contribution < 1.29 is 4.21 Å². The molecule has 0 bridgehead atoms. The Kier molecular flexibility index (Phi) is 4.16. The van der Waals surface area contributed by atoms with Crippen molar-refractivity contribution in [1.82, 2.24) is 9.55 Å². The number of hydrogen-bond acceptors (Lipinski definition) is 3. The summed E-state index contributed by atoms with van der Waals surface area (Å²) in [7, 11) is -0.595. The number of imidazole rings is 1. The molecule has 1 aromatic heterocycles. The largest absolute Gasteiger partial charge is 0.382 e. The van der Waals surface area contributed by atoms with Gasteiger partial charge in [0.05, 0.1) is 6.33 Å². The van der Waals surface area contributed by atoms with Gasteiger partial charge in [0.25, 0.3) is 0 Å². The minimum absolute atomic E-state index is 0.455. The molecule has 2 heterocycles. The summed E-state index contributed by atoms with van der Waals surface area (Å²) in [4.78, 5) is 4.06. The molecular weight excluding hydrogens is 270 g/mol. The summed E-state index contributed by atoms with van der Waals surface area (Å²) in [5.74, 6) is 1.65. The van der Waals surface area contributed by atoms with E-state index in [1.807, 2.05) is 12.5 Å². The smallest absolute Gasteiger partial charge is 0.0949 e. The maximum atomic E-state index is 11.4. The summed E-state index contributed by atoms with van der Waals surface area (Å²) in [6.45, 7) is 0.838. The first-order chi connectivity index (χ1) is 9.79. The van der Waals surface area contributed by atoms with E-state index in [9.17, 15) is 4.21 Å². The summed E-state index contributed by atoms with van der Waals surface area (Å²) < 4.78 is 13.4. The van der Waals surface area contributed by atoms with E-state index in [1.54, 1.807) is 6.20 Å². The van der Waals surface area contributed by atoms with Gasteiger partial charge in [0, 0.05) is 53.0 Å². The number of nitrogens with one attached hydrogen (secondary N) is 1. The normalized spacial score (nSPS) is 22.6. The van der Waals surface area contributed by atoms with E-state index in [0.29, 0.717) is 6.04 Å². The molecule has 1 N–H and O–H groups in total. The zero-order valence-corrected chi connectivity index (χ0v) is 12.2. The van der Waals surface area contributed by atoms with Gasteiger partial charge in [0.15, 0.2) is 0 Å². The fourth-order valence-electron chi connectivity index (χ4n) is 2.52. The van der Waals surface area contributed by atoms with Crippen LogP contribution in [0.25, 0.3) is 0 Å². The van der Waals surface area contributed by atoms with Crippen molar-refractivity contribution >= 4 is 16.5 Å². The molecule has 1 fully saturated rings. The minimum atomic E-state index is -0.595. The second-order valence-corrected chi connectivity index (χ2v) is 6.90. The van der Waals surface area contributed by atoms with E-state index in [1.165, 1.54) is 5.56 Å². The van der Waals surface area contributed by atoms with Gasteiger partial charge in [-0.3, -0.25) is 4.21 Å². The zero-order chi connectivity index (χ0) is 13.8. The highest BCUT2D eigenvalue weighted by molar-refractivity contribution is 7.85. The molecule has 1 aliphatic rings.